The number of halogens is 2. The minimum atomic E-state index is -0.907. The zero-order chi connectivity index (χ0) is 13.8. The monoisotopic (exact) mass is 269 g/mol. The molecular formula is C12H9F2NO4. The highest BCUT2D eigenvalue weighted by atomic mass is 19.1. The van der Waals surface area contributed by atoms with Crippen molar-refractivity contribution in [1.82, 2.24) is 4.98 Å². The molecule has 2 aromatic rings. The summed E-state index contributed by atoms with van der Waals surface area (Å²) in [5, 5.41) is 0. The van der Waals surface area contributed by atoms with Gasteiger partial charge in [-0.25, -0.2) is 13.6 Å². The predicted octanol–water partition coefficient (Wildman–Crippen LogP) is 2.92. The van der Waals surface area contributed by atoms with E-state index in [2.05, 4.69) is 4.98 Å². The van der Waals surface area contributed by atoms with Gasteiger partial charge in [-0.05, 0) is 19.1 Å². The first-order chi connectivity index (χ1) is 9.10. The number of benzene rings is 1. The summed E-state index contributed by atoms with van der Waals surface area (Å²) in [5.41, 5.74) is -0.0978. The number of rotatable bonds is 4. The van der Waals surface area contributed by atoms with Crippen LogP contribution in [0.3, 0.4) is 0 Å². The van der Waals surface area contributed by atoms with Gasteiger partial charge in [-0.15, -0.1) is 0 Å². The predicted molar refractivity (Wildman–Crippen MR) is 58.9 cm³/mol. The van der Waals surface area contributed by atoms with Crippen LogP contribution in [0.5, 0.6) is 11.8 Å². The van der Waals surface area contributed by atoms with Gasteiger partial charge >= 0.3 is 12.0 Å². The number of esters is 1. The lowest BCUT2D eigenvalue weighted by molar-refractivity contribution is 0.0519. The Morgan fingerprint density at radius 2 is 2.21 bits per heavy atom. The Morgan fingerprint density at radius 1 is 1.42 bits per heavy atom. The van der Waals surface area contributed by atoms with Crippen LogP contribution in [-0.4, -0.2) is 17.6 Å². The second-order valence-electron chi connectivity index (χ2n) is 3.40. The largest absolute Gasteiger partial charge is 0.461 e. The summed E-state index contributed by atoms with van der Waals surface area (Å²) in [4.78, 5) is 15.0. The van der Waals surface area contributed by atoms with Crippen LogP contribution in [0.4, 0.5) is 8.78 Å². The van der Waals surface area contributed by atoms with E-state index in [-0.39, 0.29) is 24.1 Å². The molecule has 0 saturated heterocycles. The molecule has 5 nitrogen and oxygen atoms in total. The fraction of sp³-hybridized carbons (Fsp3) is 0.167. The Balaban J connectivity index is 2.13. The fourth-order valence-electron chi connectivity index (χ4n) is 1.25. The van der Waals surface area contributed by atoms with Crippen molar-refractivity contribution in [2.45, 2.75) is 6.92 Å². The van der Waals surface area contributed by atoms with Gasteiger partial charge in [0.15, 0.2) is 17.3 Å². The molecule has 0 aliphatic heterocycles. The molecule has 0 aliphatic rings. The van der Waals surface area contributed by atoms with E-state index in [0.29, 0.717) is 6.07 Å². The van der Waals surface area contributed by atoms with E-state index in [1.807, 2.05) is 0 Å². The third-order valence-corrected chi connectivity index (χ3v) is 2.06. The summed E-state index contributed by atoms with van der Waals surface area (Å²) in [6.07, 6.45) is 0.683. The molecule has 1 aromatic heterocycles. The summed E-state index contributed by atoms with van der Waals surface area (Å²) in [7, 11) is 0. The average molecular weight is 269 g/mol. The van der Waals surface area contributed by atoms with Crippen LogP contribution >= 0.6 is 0 Å². The molecule has 0 saturated carbocycles. The zero-order valence-corrected chi connectivity index (χ0v) is 9.85. The lowest BCUT2D eigenvalue weighted by Gasteiger charge is -2.01. The summed E-state index contributed by atoms with van der Waals surface area (Å²) in [6.45, 7) is 1.83. The molecule has 2 rings (SSSR count). The number of hydrogen-bond donors (Lipinski definition) is 0. The van der Waals surface area contributed by atoms with Crippen LogP contribution < -0.4 is 4.74 Å². The Morgan fingerprint density at radius 3 is 2.89 bits per heavy atom. The summed E-state index contributed by atoms with van der Waals surface area (Å²) in [6, 6.07) is 2.76. The number of nitrogens with zero attached hydrogens (tertiary/aromatic N) is 1. The molecule has 0 radical (unpaired) electrons. The molecule has 0 bridgehead atoms. The minimum Gasteiger partial charge on any atom is -0.461 e. The number of hydrogen-bond acceptors (Lipinski definition) is 5. The first-order valence-electron chi connectivity index (χ1n) is 5.35. The Hall–Kier alpha value is -2.44. The first kappa shape index (κ1) is 13.0. The number of carbonyl (C=O) groups is 1. The highest BCUT2D eigenvalue weighted by molar-refractivity contribution is 5.86. The standard InChI is InChI=1S/C12H9F2NO4/c1-2-17-11(16)9-6-18-12(15-9)19-10-4-3-7(13)5-8(10)14/h3-6H,2H2,1H3. The van der Waals surface area contributed by atoms with Crippen molar-refractivity contribution in [3.63, 3.8) is 0 Å². The van der Waals surface area contributed by atoms with Crippen LogP contribution in [0.15, 0.2) is 28.9 Å². The number of carbonyl (C=O) groups excluding carboxylic acids is 1. The van der Waals surface area contributed by atoms with Crippen LogP contribution in [0, 0.1) is 11.6 Å². The highest BCUT2D eigenvalue weighted by Crippen LogP contribution is 2.24. The Labute approximate surface area is 106 Å². The summed E-state index contributed by atoms with van der Waals surface area (Å²) >= 11 is 0. The van der Waals surface area contributed by atoms with Crippen molar-refractivity contribution in [3.8, 4) is 11.8 Å². The van der Waals surface area contributed by atoms with Crippen LogP contribution in [0.1, 0.15) is 17.4 Å². The second kappa shape index (κ2) is 5.47. The first-order valence-corrected chi connectivity index (χ1v) is 5.35. The van der Waals surface area contributed by atoms with Crippen LogP contribution in [0.2, 0.25) is 0 Å². The SMILES string of the molecule is CCOC(=O)c1coc(Oc2ccc(F)cc2F)n1. The minimum absolute atomic E-state index is 0.0978. The van der Waals surface area contributed by atoms with Gasteiger partial charge in [-0.2, -0.15) is 4.98 Å². The number of ether oxygens (including phenoxy) is 2. The highest BCUT2D eigenvalue weighted by Gasteiger charge is 2.15. The lowest BCUT2D eigenvalue weighted by Crippen LogP contribution is -2.04. The van der Waals surface area contributed by atoms with E-state index in [0.717, 1.165) is 18.4 Å². The summed E-state index contributed by atoms with van der Waals surface area (Å²) in [5.74, 6) is -2.58. The van der Waals surface area contributed by atoms with E-state index in [1.54, 1.807) is 6.92 Å². The topological polar surface area (TPSA) is 61.6 Å². The Kier molecular flexibility index (Phi) is 3.74. The molecule has 0 aliphatic carbocycles. The second-order valence-corrected chi connectivity index (χ2v) is 3.40. The van der Waals surface area contributed by atoms with E-state index in [4.69, 9.17) is 13.9 Å². The molecular weight excluding hydrogens is 260 g/mol. The van der Waals surface area contributed by atoms with Gasteiger partial charge in [-0.3, -0.25) is 0 Å². The normalized spacial score (nSPS) is 10.3. The summed E-state index contributed by atoms with van der Waals surface area (Å²) < 4.78 is 40.4. The lowest BCUT2D eigenvalue weighted by atomic mass is 10.3. The van der Waals surface area contributed by atoms with Crippen molar-refractivity contribution in [2.75, 3.05) is 6.61 Å². The molecule has 0 atom stereocenters. The molecule has 0 unspecified atom stereocenters. The Bertz CT molecular complexity index is 597. The van der Waals surface area contributed by atoms with Gasteiger partial charge in [0.25, 0.3) is 0 Å². The molecule has 0 fully saturated rings. The molecule has 0 amide bonds. The maximum absolute atomic E-state index is 13.3. The van der Waals surface area contributed by atoms with Crippen LogP contribution in [0.25, 0.3) is 0 Å². The van der Waals surface area contributed by atoms with Crippen molar-refractivity contribution >= 4 is 5.97 Å². The quantitative estimate of drug-likeness (QED) is 0.798. The van der Waals surface area contributed by atoms with E-state index < -0.39 is 17.6 Å². The molecule has 7 heteroatoms. The van der Waals surface area contributed by atoms with Crippen molar-refractivity contribution in [1.29, 1.82) is 0 Å². The number of aromatic nitrogens is 1. The third kappa shape index (κ3) is 3.06. The smallest absolute Gasteiger partial charge is 0.400 e. The molecule has 1 aromatic carbocycles. The average Bonchev–Trinajstić information content (AvgIpc) is 2.82. The molecule has 0 N–H and O–H groups in total. The maximum Gasteiger partial charge on any atom is 0.400 e. The van der Waals surface area contributed by atoms with E-state index >= 15 is 0 Å². The maximum atomic E-state index is 13.3. The zero-order valence-electron chi connectivity index (χ0n) is 9.85. The van der Waals surface area contributed by atoms with Crippen molar-refractivity contribution in [3.05, 3.63) is 41.8 Å². The van der Waals surface area contributed by atoms with Crippen LogP contribution in [-0.2, 0) is 4.74 Å². The van der Waals surface area contributed by atoms with Gasteiger partial charge in [0.05, 0.1) is 6.61 Å². The molecule has 1 heterocycles. The van der Waals surface area contributed by atoms with Gasteiger partial charge in [0, 0.05) is 6.07 Å². The van der Waals surface area contributed by atoms with Crippen molar-refractivity contribution < 1.29 is 27.5 Å². The van der Waals surface area contributed by atoms with Gasteiger partial charge in [0.2, 0.25) is 0 Å². The molecule has 19 heavy (non-hydrogen) atoms. The molecule has 100 valence electrons. The number of oxazole rings is 1. The van der Waals surface area contributed by atoms with Gasteiger partial charge in [0.1, 0.15) is 12.1 Å². The molecule has 0 spiro atoms. The van der Waals surface area contributed by atoms with Gasteiger partial charge in [-0.1, -0.05) is 0 Å². The fourth-order valence-corrected chi connectivity index (χ4v) is 1.25. The van der Waals surface area contributed by atoms with Gasteiger partial charge < -0.3 is 13.9 Å². The van der Waals surface area contributed by atoms with E-state index in [1.165, 1.54) is 0 Å². The van der Waals surface area contributed by atoms with E-state index in [9.17, 15) is 13.6 Å². The third-order valence-electron chi connectivity index (χ3n) is 2.06. The van der Waals surface area contributed by atoms with Crippen molar-refractivity contribution in [2.24, 2.45) is 0 Å².